The van der Waals surface area contributed by atoms with E-state index in [4.69, 9.17) is 21.1 Å². The van der Waals surface area contributed by atoms with Crippen LogP contribution in [0.3, 0.4) is 0 Å². The molecule has 1 aliphatic carbocycles. The summed E-state index contributed by atoms with van der Waals surface area (Å²) < 4.78 is 69.6. The normalized spacial score (nSPS) is 19.0. The van der Waals surface area contributed by atoms with E-state index in [0.29, 0.717) is 25.8 Å². The molecule has 4 N–H and O–H groups in total. The van der Waals surface area contributed by atoms with Crippen molar-refractivity contribution in [2.24, 2.45) is 5.92 Å². The minimum Gasteiger partial charge on any atom is -0.450 e. The fourth-order valence-corrected chi connectivity index (χ4v) is 5.78. The molecule has 4 rings (SSSR count). The van der Waals surface area contributed by atoms with Crippen molar-refractivity contribution in [3.63, 3.8) is 0 Å². The number of esters is 1. The van der Waals surface area contributed by atoms with E-state index in [-0.39, 0.29) is 29.0 Å². The lowest BCUT2D eigenvalue weighted by atomic mass is 9.91. The maximum absolute atomic E-state index is 16.0. The summed E-state index contributed by atoms with van der Waals surface area (Å²) in [6, 6.07) is 10.3. The number of halogens is 5. The van der Waals surface area contributed by atoms with Gasteiger partial charge in [0.15, 0.2) is 12.2 Å². The summed E-state index contributed by atoms with van der Waals surface area (Å²) in [5.74, 6) is -7.67. The molecule has 11 nitrogen and oxygen atoms in total. The predicted molar refractivity (Wildman–Crippen MR) is 172 cm³/mol. The van der Waals surface area contributed by atoms with Crippen molar-refractivity contribution in [2.45, 2.75) is 94.6 Å². The average molecular weight is 727 g/mol. The Morgan fingerprint density at radius 3 is 2.30 bits per heavy atom. The molecule has 5 atom stereocenters. The van der Waals surface area contributed by atoms with Gasteiger partial charge in [0.2, 0.25) is 18.2 Å². The first-order chi connectivity index (χ1) is 23.6. The minimum absolute atomic E-state index is 0.00260. The Labute approximate surface area is 291 Å². The molecule has 50 heavy (non-hydrogen) atoms. The van der Waals surface area contributed by atoms with Gasteiger partial charge in [-0.3, -0.25) is 19.2 Å². The molecule has 2 fully saturated rings. The molecule has 1 saturated carbocycles. The summed E-state index contributed by atoms with van der Waals surface area (Å²) in [7, 11) is 0. The van der Waals surface area contributed by atoms with Gasteiger partial charge in [0, 0.05) is 42.4 Å². The smallest absolute Gasteiger partial charge is 0.408 e. The quantitative estimate of drug-likeness (QED) is 0.142. The third-order valence-corrected chi connectivity index (χ3v) is 8.70. The average Bonchev–Trinajstić information content (AvgIpc) is 3.79. The van der Waals surface area contributed by atoms with Crippen molar-refractivity contribution < 1.29 is 51.0 Å². The molecule has 2 aromatic carbocycles. The van der Waals surface area contributed by atoms with Crippen LogP contribution < -0.4 is 21.3 Å². The standard InChI is InChI=1S/C34H39ClF4N4O7/c1-19(44)49-27(30(46)41-24-11-12-24)25(17-21-14-16-40-29(21)45)42-31(47)33(2,15-13-26(36)37)43-32(48)50-28(20-7-4-3-5-8-20)34(38,39)22-9-6-10-23(35)18-22/h3-10,18,21,24-28H,11-17H2,1-2H3,(H,40,45)(H,41,46)(H,42,47)(H,43,48)/t21-,25-,27?,28?,33+/m0/s1. The van der Waals surface area contributed by atoms with E-state index in [1.165, 1.54) is 36.4 Å². The second kappa shape index (κ2) is 16.5. The molecule has 16 heteroatoms. The van der Waals surface area contributed by atoms with E-state index in [9.17, 15) is 32.8 Å². The van der Waals surface area contributed by atoms with Gasteiger partial charge in [-0.2, -0.15) is 8.78 Å². The van der Waals surface area contributed by atoms with Crippen molar-refractivity contribution in [1.29, 1.82) is 0 Å². The molecule has 2 aromatic rings. The van der Waals surface area contributed by atoms with Crippen LogP contribution in [0, 0.1) is 5.92 Å². The van der Waals surface area contributed by atoms with Crippen LogP contribution in [0.2, 0.25) is 5.02 Å². The third-order valence-electron chi connectivity index (χ3n) is 8.47. The Kier molecular flexibility index (Phi) is 12.7. The molecule has 272 valence electrons. The van der Waals surface area contributed by atoms with Crippen LogP contribution >= 0.6 is 11.6 Å². The third kappa shape index (κ3) is 10.3. The Morgan fingerprint density at radius 2 is 1.72 bits per heavy atom. The lowest BCUT2D eigenvalue weighted by Crippen LogP contribution is -2.62. The van der Waals surface area contributed by atoms with E-state index in [1.54, 1.807) is 6.07 Å². The highest BCUT2D eigenvalue weighted by molar-refractivity contribution is 6.30. The number of hydrogen-bond acceptors (Lipinski definition) is 7. The van der Waals surface area contributed by atoms with Crippen molar-refractivity contribution in [3.8, 4) is 0 Å². The highest BCUT2D eigenvalue weighted by Crippen LogP contribution is 2.43. The summed E-state index contributed by atoms with van der Waals surface area (Å²) in [6.45, 7) is 2.45. The lowest BCUT2D eigenvalue weighted by molar-refractivity contribution is -0.157. The Balaban J connectivity index is 1.63. The Morgan fingerprint density at radius 1 is 1.02 bits per heavy atom. The summed E-state index contributed by atoms with van der Waals surface area (Å²) in [5, 5.41) is 10.0. The van der Waals surface area contributed by atoms with Gasteiger partial charge in [0.25, 0.3) is 5.91 Å². The molecule has 1 aliphatic heterocycles. The molecule has 4 amide bonds. The first kappa shape index (κ1) is 38.4. The van der Waals surface area contributed by atoms with Gasteiger partial charge in [-0.25, -0.2) is 13.6 Å². The van der Waals surface area contributed by atoms with E-state index < -0.39 is 84.3 Å². The molecule has 1 heterocycles. The number of hydrogen-bond donors (Lipinski definition) is 4. The van der Waals surface area contributed by atoms with E-state index in [2.05, 4.69) is 21.3 Å². The van der Waals surface area contributed by atoms with Gasteiger partial charge < -0.3 is 30.7 Å². The first-order valence-corrected chi connectivity index (χ1v) is 16.5. The number of alkyl halides is 4. The molecular weight excluding hydrogens is 688 g/mol. The number of ether oxygens (including phenoxy) is 2. The second-order valence-electron chi connectivity index (χ2n) is 12.6. The van der Waals surface area contributed by atoms with Crippen LogP contribution in [0.4, 0.5) is 22.4 Å². The monoisotopic (exact) mass is 726 g/mol. The van der Waals surface area contributed by atoms with Crippen molar-refractivity contribution in [2.75, 3.05) is 6.54 Å². The molecule has 0 aromatic heterocycles. The van der Waals surface area contributed by atoms with E-state index in [0.717, 1.165) is 26.0 Å². The van der Waals surface area contributed by atoms with Gasteiger partial charge in [0.05, 0.1) is 6.04 Å². The summed E-state index contributed by atoms with van der Waals surface area (Å²) in [5.41, 5.74) is -2.93. The first-order valence-electron chi connectivity index (χ1n) is 16.1. The molecule has 0 spiro atoms. The zero-order valence-electron chi connectivity index (χ0n) is 27.4. The molecule has 1 saturated heterocycles. The van der Waals surface area contributed by atoms with Crippen LogP contribution in [-0.2, 0) is 34.6 Å². The summed E-state index contributed by atoms with van der Waals surface area (Å²) in [4.78, 5) is 65.2. The van der Waals surface area contributed by atoms with Crippen LogP contribution in [0.15, 0.2) is 54.6 Å². The van der Waals surface area contributed by atoms with Gasteiger partial charge >= 0.3 is 18.0 Å². The van der Waals surface area contributed by atoms with Gasteiger partial charge in [-0.15, -0.1) is 0 Å². The molecule has 0 radical (unpaired) electrons. The molecule has 2 aliphatic rings. The predicted octanol–water partition coefficient (Wildman–Crippen LogP) is 4.92. The van der Waals surface area contributed by atoms with Gasteiger partial charge in [0.1, 0.15) is 5.54 Å². The van der Waals surface area contributed by atoms with Crippen LogP contribution in [0.1, 0.15) is 69.6 Å². The zero-order chi connectivity index (χ0) is 36.6. The van der Waals surface area contributed by atoms with Crippen LogP contribution in [-0.4, -0.2) is 66.5 Å². The number of nitrogens with one attached hydrogen (secondary N) is 4. The maximum atomic E-state index is 16.0. The molecule has 0 bridgehead atoms. The number of carbonyl (C=O) groups excluding carboxylic acids is 5. The maximum Gasteiger partial charge on any atom is 0.408 e. The number of benzene rings is 2. The highest BCUT2D eigenvalue weighted by Gasteiger charge is 2.48. The van der Waals surface area contributed by atoms with Crippen molar-refractivity contribution >= 4 is 41.4 Å². The zero-order valence-corrected chi connectivity index (χ0v) is 28.1. The largest absolute Gasteiger partial charge is 0.450 e. The summed E-state index contributed by atoms with van der Waals surface area (Å²) >= 11 is 5.96. The summed E-state index contributed by atoms with van der Waals surface area (Å²) in [6.07, 6.45) is -8.46. The number of rotatable bonds is 16. The van der Waals surface area contributed by atoms with Crippen LogP contribution in [0.5, 0.6) is 0 Å². The van der Waals surface area contributed by atoms with Crippen molar-refractivity contribution in [3.05, 3.63) is 70.7 Å². The molecular formula is C34H39ClF4N4O7. The van der Waals surface area contributed by atoms with Gasteiger partial charge in [-0.1, -0.05) is 54.1 Å². The molecule has 2 unspecified atom stereocenters. The lowest BCUT2D eigenvalue weighted by Gasteiger charge is -2.35. The number of alkyl carbamates (subject to hydrolysis) is 1. The minimum atomic E-state index is -3.86. The van der Waals surface area contributed by atoms with E-state index >= 15 is 8.78 Å². The van der Waals surface area contributed by atoms with E-state index in [1.807, 2.05) is 0 Å². The fraction of sp³-hybridized carbons (Fsp3) is 0.500. The van der Waals surface area contributed by atoms with Crippen molar-refractivity contribution in [1.82, 2.24) is 21.3 Å². The fourth-order valence-electron chi connectivity index (χ4n) is 5.59. The SMILES string of the molecule is CC(=O)OC(C(=O)NC1CC1)[C@H](C[C@@H]1CCNC1=O)NC(=O)[C@@](C)(CCC(F)F)NC(=O)OC(c1ccccc1)C(F)(F)c1cccc(Cl)c1. The Bertz CT molecular complexity index is 1550. The number of carbonyl (C=O) groups is 5. The highest BCUT2D eigenvalue weighted by atomic mass is 35.5. The Hall–Kier alpha value is -4.40. The number of amides is 4. The van der Waals surface area contributed by atoms with Crippen LogP contribution in [0.25, 0.3) is 0 Å². The second-order valence-corrected chi connectivity index (χ2v) is 13.1. The topological polar surface area (TPSA) is 152 Å². The van der Waals surface area contributed by atoms with Gasteiger partial charge in [-0.05, 0) is 56.7 Å².